The van der Waals surface area contributed by atoms with Crippen LogP contribution in [0.4, 0.5) is 0 Å². The Hall–Kier alpha value is -1.29. The van der Waals surface area contributed by atoms with E-state index in [0.717, 1.165) is 10.6 Å². The topological polar surface area (TPSA) is 42.4 Å². The molecule has 2 atom stereocenters. The molecule has 0 saturated carbocycles. The van der Waals surface area contributed by atoms with E-state index in [1.54, 1.807) is 12.5 Å². The third-order valence-electron chi connectivity index (χ3n) is 3.58. The van der Waals surface area contributed by atoms with Gasteiger partial charge in [0.2, 0.25) is 0 Å². The van der Waals surface area contributed by atoms with Crippen molar-refractivity contribution >= 4 is 11.6 Å². The van der Waals surface area contributed by atoms with Gasteiger partial charge in [-0.1, -0.05) is 23.7 Å². The number of hydrogen-bond acceptors (Lipinski definition) is 3. The molecule has 2 aromatic rings. The van der Waals surface area contributed by atoms with Crippen LogP contribution < -0.4 is 5.73 Å². The molecule has 0 aliphatic heterocycles. The van der Waals surface area contributed by atoms with Crippen LogP contribution in [0.3, 0.4) is 0 Å². The minimum absolute atomic E-state index is 0.132. The van der Waals surface area contributed by atoms with Crippen molar-refractivity contribution in [2.75, 3.05) is 13.6 Å². The molecule has 0 amide bonds. The Morgan fingerprint density at radius 3 is 2.68 bits per heavy atom. The van der Waals surface area contributed by atoms with Gasteiger partial charge in [-0.3, -0.25) is 4.90 Å². The first-order chi connectivity index (χ1) is 9.13. The van der Waals surface area contributed by atoms with Crippen LogP contribution in [0.1, 0.15) is 30.1 Å². The Balaban J connectivity index is 2.20. The normalized spacial score (nSPS) is 14.6. The Kier molecular flexibility index (Phi) is 4.64. The van der Waals surface area contributed by atoms with Gasteiger partial charge in [-0.15, -0.1) is 0 Å². The lowest BCUT2D eigenvalue weighted by molar-refractivity contribution is 0.189. The molecular formula is C15H19ClN2O. The van der Waals surface area contributed by atoms with Crippen molar-refractivity contribution in [3.05, 3.63) is 59.0 Å². The fourth-order valence-corrected chi connectivity index (χ4v) is 2.47. The van der Waals surface area contributed by atoms with Gasteiger partial charge in [-0.05, 0) is 37.7 Å². The van der Waals surface area contributed by atoms with Gasteiger partial charge in [-0.25, -0.2) is 0 Å². The van der Waals surface area contributed by atoms with Gasteiger partial charge in [0.05, 0.1) is 18.6 Å². The van der Waals surface area contributed by atoms with E-state index < -0.39 is 0 Å². The van der Waals surface area contributed by atoms with E-state index in [0.29, 0.717) is 6.54 Å². The van der Waals surface area contributed by atoms with Crippen LogP contribution in [0.25, 0.3) is 0 Å². The standard InChI is InChI=1S/C15H19ClN2O/c1-11(12-4-3-5-14(16)8-12)18(2)15(9-17)13-6-7-19-10-13/h3-8,10-11,15H,9,17H2,1-2H3. The lowest BCUT2D eigenvalue weighted by atomic mass is 10.0. The summed E-state index contributed by atoms with van der Waals surface area (Å²) in [5.74, 6) is 0. The van der Waals surface area contributed by atoms with Gasteiger partial charge in [0.1, 0.15) is 0 Å². The van der Waals surface area contributed by atoms with Crippen molar-refractivity contribution in [1.29, 1.82) is 0 Å². The minimum Gasteiger partial charge on any atom is -0.472 e. The molecule has 19 heavy (non-hydrogen) atoms. The summed E-state index contributed by atoms with van der Waals surface area (Å²) in [6, 6.07) is 10.2. The van der Waals surface area contributed by atoms with Crippen molar-refractivity contribution in [3.8, 4) is 0 Å². The van der Waals surface area contributed by atoms with Crippen LogP contribution in [-0.4, -0.2) is 18.5 Å². The zero-order valence-electron chi connectivity index (χ0n) is 11.2. The summed E-state index contributed by atoms with van der Waals surface area (Å²) in [5, 5.41) is 0.755. The molecule has 4 heteroatoms. The first kappa shape index (κ1) is 14.1. The number of benzene rings is 1. The minimum atomic E-state index is 0.132. The van der Waals surface area contributed by atoms with Crippen molar-refractivity contribution in [1.82, 2.24) is 4.90 Å². The number of likely N-dealkylation sites (N-methyl/N-ethyl adjacent to an activating group) is 1. The van der Waals surface area contributed by atoms with Crippen molar-refractivity contribution in [3.63, 3.8) is 0 Å². The van der Waals surface area contributed by atoms with Crippen LogP contribution >= 0.6 is 11.6 Å². The predicted octanol–water partition coefficient (Wildman–Crippen LogP) is 3.63. The van der Waals surface area contributed by atoms with Gasteiger partial charge in [-0.2, -0.15) is 0 Å². The fraction of sp³-hybridized carbons (Fsp3) is 0.333. The maximum absolute atomic E-state index is 6.05. The van der Waals surface area contributed by atoms with Crippen molar-refractivity contribution < 1.29 is 4.42 Å². The molecule has 3 nitrogen and oxygen atoms in total. The van der Waals surface area contributed by atoms with Crippen LogP contribution in [0, 0.1) is 0 Å². The number of furan rings is 1. The molecule has 0 fully saturated rings. The number of nitrogens with two attached hydrogens (primary N) is 1. The maximum Gasteiger partial charge on any atom is 0.0950 e. The van der Waals surface area contributed by atoms with Crippen LogP contribution in [0.2, 0.25) is 5.02 Å². The average molecular weight is 279 g/mol. The van der Waals surface area contributed by atoms with Crippen LogP contribution in [-0.2, 0) is 0 Å². The first-order valence-corrected chi connectivity index (χ1v) is 6.71. The first-order valence-electron chi connectivity index (χ1n) is 6.33. The van der Waals surface area contributed by atoms with E-state index in [1.807, 2.05) is 24.3 Å². The maximum atomic E-state index is 6.05. The van der Waals surface area contributed by atoms with Crippen LogP contribution in [0.5, 0.6) is 0 Å². The van der Waals surface area contributed by atoms with E-state index in [9.17, 15) is 0 Å². The monoisotopic (exact) mass is 278 g/mol. The van der Waals surface area contributed by atoms with E-state index in [1.165, 1.54) is 5.56 Å². The Morgan fingerprint density at radius 2 is 2.11 bits per heavy atom. The third kappa shape index (κ3) is 3.18. The van der Waals surface area contributed by atoms with Crippen molar-refractivity contribution in [2.24, 2.45) is 5.73 Å². The Bertz CT molecular complexity index is 513. The smallest absolute Gasteiger partial charge is 0.0950 e. The predicted molar refractivity (Wildman–Crippen MR) is 78.1 cm³/mol. The van der Waals surface area contributed by atoms with Gasteiger partial charge < -0.3 is 10.2 Å². The molecule has 0 bridgehead atoms. The number of halogens is 1. The molecule has 1 aromatic heterocycles. The lowest BCUT2D eigenvalue weighted by Crippen LogP contribution is -2.32. The molecule has 0 spiro atoms. The van der Waals surface area contributed by atoms with Crippen LogP contribution in [0.15, 0.2) is 47.3 Å². The summed E-state index contributed by atoms with van der Waals surface area (Å²) in [4.78, 5) is 2.23. The highest BCUT2D eigenvalue weighted by Crippen LogP contribution is 2.29. The number of nitrogens with zero attached hydrogens (tertiary/aromatic N) is 1. The van der Waals surface area contributed by atoms with Crippen molar-refractivity contribution in [2.45, 2.75) is 19.0 Å². The molecule has 0 radical (unpaired) electrons. The summed E-state index contributed by atoms with van der Waals surface area (Å²) in [6.07, 6.45) is 3.43. The molecule has 0 saturated heterocycles. The fourth-order valence-electron chi connectivity index (χ4n) is 2.27. The van der Waals surface area contributed by atoms with E-state index in [4.69, 9.17) is 21.8 Å². The van der Waals surface area contributed by atoms with E-state index in [2.05, 4.69) is 24.9 Å². The summed E-state index contributed by atoms with van der Waals surface area (Å²) in [5.41, 5.74) is 8.18. The summed E-state index contributed by atoms with van der Waals surface area (Å²) in [7, 11) is 2.07. The molecule has 0 aliphatic carbocycles. The largest absolute Gasteiger partial charge is 0.472 e. The number of hydrogen-bond donors (Lipinski definition) is 1. The Morgan fingerprint density at radius 1 is 1.32 bits per heavy atom. The highest BCUT2D eigenvalue weighted by atomic mass is 35.5. The highest BCUT2D eigenvalue weighted by molar-refractivity contribution is 6.30. The summed E-state index contributed by atoms with van der Waals surface area (Å²) >= 11 is 6.05. The quantitative estimate of drug-likeness (QED) is 0.908. The highest BCUT2D eigenvalue weighted by Gasteiger charge is 2.22. The lowest BCUT2D eigenvalue weighted by Gasteiger charge is -2.32. The second-order valence-electron chi connectivity index (χ2n) is 4.70. The van der Waals surface area contributed by atoms with Gasteiger partial charge in [0.15, 0.2) is 0 Å². The zero-order valence-corrected chi connectivity index (χ0v) is 12.0. The molecular weight excluding hydrogens is 260 g/mol. The van der Waals surface area contributed by atoms with E-state index >= 15 is 0 Å². The van der Waals surface area contributed by atoms with Gasteiger partial charge in [0.25, 0.3) is 0 Å². The molecule has 0 aliphatic rings. The molecule has 2 rings (SSSR count). The molecule has 2 unspecified atom stereocenters. The summed E-state index contributed by atoms with van der Waals surface area (Å²) < 4.78 is 5.15. The average Bonchev–Trinajstić information content (AvgIpc) is 2.92. The van der Waals surface area contributed by atoms with E-state index in [-0.39, 0.29) is 12.1 Å². The Labute approximate surface area is 119 Å². The third-order valence-corrected chi connectivity index (χ3v) is 3.82. The second kappa shape index (κ2) is 6.24. The molecule has 2 N–H and O–H groups in total. The molecule has 1 heterocycles. The zero-order chi connectivity index (χ0) is 13.8. The number of rotatable bonds is 5. The molecule has 102 valence electrons. The SMILES string of the molecule is CC(c1cccc(Cl)c1)N(C)C(CN)c1ccoc1. The molecule has 1 aromatic carbocycles. The summed E-state index contributed by atoms with van der Waals surface area (Å²) in [6.45, 7) is 2.69. The van der Waals surface area contributed by atoms with Gasteiger partial charge in [0, 0.05) is 23.2 Å². The second-order valence-corrected chi connectivity index (χ2v) is 5.14. The van der Waals surface area contributed by atoms with Gasteiger partial charge >= 0.3 is 0 Å².